The fourth-order valence-corrected chi connectivity index (χ4v) is 5.40. The van der Waals surface area contributed by atoms with Gasteiger partial charge in [0.2, 0.25) is 0 Å². The number of carbonyl (C=O) groups is 2. The van der Waals surface area contributed by atoms with Crippen LogP contribution in [0.25, 0.3) is 10.9 Å². The Kier molecular flexibility index (Phi) is 8.06. The molecule has 0 radical (unpaired) electrons. The lowest BCUT2D eigenvalue weighted by Crippen LogP contribution is -2.33. The molecule has 6 nitrogen and oxygen atoms in total. The Labute approximate surface area is 214 Å². The molecule has 1 unspecified atom stereocenters. The van der Waals surface area contributed by atoms with Gasteiger partial charge in [-0.25, -0.2) is 4.98 Å². The number of hydrogen-bond donors (Lipinski definition) is 2. The zero-order chi connectivity index (χ0) is 24.9. The number of nitrogens with zero attached hydrogens (tertiary/aromatic N) is 2. The normalized spacial score (nSPS) is 14.7. The van der Waals surface area contributed by atoms with Crippen molar-refractivity contribution in [2.24, 2.45) is 0 Å². The van der Waals surface area contributed by atoms with E-state index in [1.54, 1.807) is 0 Å². The quantitative estimate of drug-likeness (QED) is 0.369. The maximum absolute atomic E-state index is 13.7. The average molecular weight is 538 g/mol. The molecule has 7 heteroatoms. The van der Waals surface area contributed by atoms with Gasteiger partial charge in [-0.15, -0.1) is 0 Å². The molecule has 1 aromatic heterocycles. The number of nitrogens with one attached hydrogen (secondary N) is 1. The number of carboxylic acids is 1. The summed E-state index contributed by atoms with van der Waals surface area (Å²) < 4.78 is 0.894. The van der Waals surface area contributed by atoms with Gasteiger partial charge in [0.15, 0.2) is 0 Å². The van der Waals surface area contributed by atoms with Gasteiger partial charge >= 0.3 is 5.97 Å². The molecule has 0 aliphatic carbocycles. The first-order valence-corrected chi connectivity index (χ1v) is 13.0. The number of hydrogen-bond acceptors (Lipinski definition) is 4. The van der Waals surface area contributed by atoms with E-state index in [4.69, 9.17) is 4.98 Å². The van der Waals surface area contributed by atoms with E-state index < -0.39 is 5.97 Å². The lowest BCUT2D eigenvalue weighted by atomic mass is 9.90. The van der Waals surface area contributed by atoms with Crippen LogP contribution in [0.2, 0.25) is 0 Å². The zero-order valence-corrected chi connectivity index (χ0v) is 21.9. The molecule has 1 amide bonds. The predicted octanol–water partition coefficient (Wildman–Crippen LogP) is 5.98. The van der Waals surface area contributed by atoms with Crippen LogP contribution in [0, 0.1) is 13.8 Å². The second-order valence-corrected chi connectivity index (χ2v) is 10.3. The zero-order valence-electron chi connectivity index (χ0n) is 20.3. The molecule has 0 spiro atoms. The van der Waals surface area contributed by atoms with Gasteiger partial charge in [0.05, 0.1) is 11.1 Å². The topological polar surface area (TPSA) is 82.5 Å². The molecular weight excluding hydrogens is 506 g/mol. The molecule has 0 saturated carbocycles. The van der Waals surface area contributed by atoms with Gasteiger partial charge in [-0.05, 0) is 68.9 Å². The van der Waals surface area contributed by atoms with Gasteiger partial charge < -0.3 is 15.3 Å². The summed E-state index contributed by atoms with van der Waals surface area (Å²) in [6, 6.07) is 13.8. The average Bonchev–Trinajstić information content (AvgIpc) is 2.84. The summed E-state index contributed by atoms with van der Waals surface area (Å²) in [6.45, 7) is 6.26. The molecule has 1 aliphatic heterocycles. The Hall–Kier alpha value is -2.93. The van der Waals surface area contributed by atoms with Crippen molar-refractivity contribution in [1.29, 1.82) is 0 Å². The van der Waals surface area contributed by atoms with Crippen molar-refractivity contribution in [3.8, 4) is 0 Å². The first-order valence-electron chi connectivity index (χ1n) is 12.3. The number of aryl methyl sites for hydroxylation is 1. The monoisotopic (exact) mass is 537 g/mol. The molecule has 1 fully saturated rings. The smallest absolute Gasteiger partial charge is 0.303 e. The molecule has 35 heavy (non-hydrogen) atoms. The molecule has 2 heterocycles. The number of carbonyl (C=O) groups excluding carboxylic acids is 1. The van der Waals surface area contributed by atoms with Crippen LogP contribution in [0.5, 0.6) is 0 Å². The number of piperidine rings is 1. The predicted molar refractivity (Wildman–Crippen MR) is 143 cm³/mol. The van der Waals surface area contributed by atoms with E-state index in [9.17, 15) is 14.7 Å². The standard InChI is InChI=1S/C28H32BrN3O3/c1-18-8-4-5-9-22(18)20(10-13-25(33)34)17-30-28(35)26-19(2)27(32-14-6-3-7-15-32)31-24-12-11-21(29)16-23(24)26/h4-5,8-9,11-12,16,20H,3,6-7,10,13-15,17H2,1-2H3,(H,30,35)(H,33,34). The Bertz CT molecular complexity index is 1240. The van der Waals surface area contributed by atoms with Gasteiger partial charge in [-0.2, -0.15) is 0 Å². The van der Waals surface area contributed by atoms with Gasteiger partial charge in [0, 0.05) is 47.4 Å². The van der Waals surface area contributed by atoms with Crippen molar-refractivity contribution < 1.29 is 14.7 Å². The fraction of sp³-hybridized carbons (Fsp3) is 0.393. The number of amides is 1. The summed E-state index contributed by atoms with van der Waals surface area (Å²) in [7, 11) is 0. The molecule has 1 atom stereocenters. The summed E-state index contributed by atoms with van der Waals surface area (Å²) in [5, 5.41) is 13.2. The second-order valence-electron chi connectivity index (χ2n) is 9.34. The van der Waals surface area contributed by atoms with E-state index in [0.717, 1.165) is 63.8 Å². The Morgan fingerprint density at radius 1 is 1.11 bits per heavy atom. The van der Waals surface area contributed by atoms with Crippen molar-refractivity contribution in [3.63, 3.8) is 0 Å². The maximum atomic E-state index is 13.7. The molecule has 2 N–H and O–H groups in total. The van der Waals surface area contributed by atoms with E-state index in [1.165, 1.54) is 6.42 Å². The third kappa shape index (κ3) is 5.84. The van der Waals surface area contributed by atoms with Crippen molar-refractivity contribution in [2.75, 3.05) is 24.5 Å². The van der Waals surface area contributed by atoms with E-state index in [2.05, 4.69) is 26.1 Å². The summed E-state index contributed by atoms with van der Waals surface area (Å²) in [4.78, 5) is 32.2. The number of halogens is 1. The lowest BCUT2D eigenvalue weighted by molar-refractivity contribution is -0.137. The molecule has 1 aliphatic rings. The number of pyridine rings is 1. The maximum Gasteiger partial charge on any atom is 0.303 e. The number of aromatic nitrogens is 1. The Morgan fingerprint density at radius 2 is 1.86 bits per heavy atom. The van der Waals surface area contributed by atoms with E-state index in [0.29, 0.717) is 18.5 Å². The number of benzene rings is 2. The van der Waals surface area contributed by atoms with E-state index >= 15 is 0 Å². The highest BCUT2D eigenvalue weighted by Crippen LogP contribution is 2.32. The van der Waals surface area contributed by atoms with E-state index in [1.807, 2.05) is 56.3 Å². The Balaban J connectivity index is 1.67. The number of fused-ring (bicyclic) bond motifs is 1. The van der Waals surface area contributed by atoms with Gasteiger partial charge in [-0.3, -0.25) is 9.59 Å². The van der Waals surface area contributed by atoms with Crippen molar-refractivity contribution >= 4 is 44.5 Å². The van der Waals surface area contributed by atoms with Crippen LogP contribution in [0.4, 0.5) is 5.82 Å². The first-order chi connectivity index (χ1) is 16.8. The van der Waals surface area contributed by atoms with Gasteiger partial charge in [-0.1, -0.05) is 40.2 Å². The first kappa shape index (κ1) is 25.2. The summed E-state index contributed by atoms with van der Waals surface area (Å²) >= 11 is 3.54. The molecular formula is C28H32BrN3O3. The minimum Gasteiger partial charge on any atom is -0.481 e. The lowest BCUT2D eigenvalue weighted by Gasteiger charge is -2.30. The van der Waals surface area contributed by atoms with Crippen LogP contribution >= 0.6 is 15.9 Å². The fourth-order valence-electron chi connectivity index (χ4n) is 5.04. The van der Waals surface area contributed by atoms with Crippen LogP contribution in [0.15, 0.2) is 46.9 Å². The second kappa shape index (κ2) is 11.2. The van der Waals surface area contributed by atoms with Gasteiger partial charge in [0.1, 0.15) is 5.82 Å². The van der Waals surface area contributed by atoms with Crippen LogP contribution in [0.1, 0.15) is 65.1 Å². The molecule has 184 valence electrons. The van der Waals surface area contributed by atoms with E-state index in [-0.39, 0.29) is 18.2 Å². The van der Waals surface area contributed by atoms with Crippen molar-refractivity contribution in [3.05, 3.63) is 69.2 Å². The SMILES string of the molecule is Cc1ccccc1C(CCC(=O)O)CNC(=O)c1c(C)c(N2CCCCC2)nc2ccc(Br)cc12. The molecule has 4 rings (SSSR count). The highest BCUT2D eigenvalue weighted by atomic mass is 79.9. The number of anilines is 1. The van der Waals surface area contributed by atoms with Gasteiger partial charge in [0.25, 0.3) is 5.91 Å². The number of rotatable bonds is 8. The highest BCUT2D eigenvalue weighted by molar-refractivity contribution is 9.10. The molecule has 1 saturated heterocycles. The third-order valence-electron chi connectivity index (χ3n) is 6.89. The minimum absolute atomic E-state index is 0.0537. The largest absolute Gasteiger partial charge is 0.481 e. The summed E-state index contributed by atoms with van der Waals surface area (Å²) in [6.07, 6.45) is 3.99. The molecule has 2 aromatic carbocycles. The van der Waals surface area contributed by atoms with Crippen LogP contribution in [-0.4, -0.2) is 41.6 Å². The third-order valence-corrected chi connectivity index (χ3v) is 7.38. The van der Waals surface area contributed by atoms with Crippen molar-refractivity contribution in [2.45, 2.75) is 51.9 Å². The van der Waals surface area contributed by atoms with Crippen LogP contribution < -0.4 is 10.2 Å². The number of aliphatic carboxylic acids is 1. The summed E-state index contributed by atoms with van der Waals surface area (Å²) in [5.41, 5.74) is 4.48. The van der Waals surface area contributed by atoms with Crippen LogP contribution in [0.3, 0.4) is 0 Å². The molecule has 0 bridgehead atoms. The highest BCUT2D eigenvalue weighted by Gasteiger charge is 2.24. The van der Waals surface area contributed by atoms with Crippen LogP contribution in [-0.2, 0) is 4.79 Å². The number of carboxylic acid groups (broad SMARTS) is 1. The molecule has 3 aromatic rings. The van der Waals surface area contributed by atoms with Crippen molar-refractivity contribution in [1.82, 2.24) is 10.3 Å². The minimum atomic E-state index is -0.832. The Morgan fingerprint density at radius 3 is 2.57 bits per heavy atom. The summed E-state index contributed by atoms with van der Waals surface area (Å²) in [5.74, 6) is -0.189.